The van der Waals surface area contributed by atoms with Gasteiger partial charge in [0.1, 0.15) is 11.9 Å². The van der Waals surface area contributed by atoms with E-state index >= 15 is 0 Å². The van der Waals surface area contributed by atoms with Crippen LogP contribution < -0.4 is 10.1 Å². The van der Waals surface area contributed by atoms with Crippen LogP contribution in [0.2, 0.25) is 0 Å². The van der Waals surface area contributed by atoms with Crippen LogP contribution in [0.5, 0.6) is 5.75 Å². The van der Waals surface area contributed by atoms with Crippen LogP contribution in [0.1, 0.15) is 18.5 Å². The number of nitrogens with zero attached hydrogens (tertiary/aromatic N) is 1. The first-order valence-corrected chi connectivity index (χ1v) is 5.27. The predicted octanol–water partition coefficient (Wildman–Crippen LogP) is 1.98. The van der Waals surface area contributed by atoms with Gasteiger partial charge in [-0.1, -0.05) is 0 Å². The van der Waals surface area contributed by atoms with E-state index in [-0.39, 0.29) is 24.8 Å². The molecule has 0 amide bonds. The summed E-state index contributed by atoms with van der Waals surface area (Å²) in [6, 6.07) is 4.48. The zero-order valence-electron chi connectivity index (χ0n) is 8.89. The minimum absolute atomic E-state index is 0. The molecule has 2 aliphatic heterocycles. The molecule has 16 heavy (non-hydrogen) atoms. The highest BCUT2D eigenvalue weighted by Gasteiger charge is 2.32. The molecule has 0 spiro atoms. The van der Waals surface area contributed by atoms with E-state index in [1.807, 2.05) is 18.3 Å². The molecule has 2 atom stereocenters. The van der Waals surface area contributed by atoms with E-state index in [0.29, 0.717) is 12.1 Å². The number of aromatic nitrogens is 1. The van der Waals surface area contributed by atoms with Gasteiger partial charge in [0.25, 0.3) is 0 Å². The van der Waals surface area contributed by atoms with Crippen molar-refractivity contribution in [2.45, 2.75) is 31.4 Å². The molecule has 90 valence electrons. The van der Waals surface area contributed by atoms with Gasteiger partial charge in [0.15, 0.2) is 0 Å². The quantitative estimate of drug-likeness (QED) is 0.841. The molecule has 1 N–H and O–H groups in total. The smallest absolute Gasteiger partial charge is 0.141 e. The van der Waals surface area contributed by atoms with Crippen molar-refractivity contribution in [1.82, 2.24) is 10.3 Å². The van der Waals surface area contributed by atoms with Crippen molar-refractivity contribution in [3.63, 3.8) is 0 Å². The number of hydrogen-bond acceptors (Lipinski definition) is 3. The first-order valence-electron chi connectivity index (χ1n) is 5.27. The van der Waals surface area contributed by atoms with Crippen molar-refractivity contribution in [3.8, 4) is 5.75 Å². The minimum atomic E-state index is 0. The molecule has 3 nitrogen and oxygen atoms in total. The van der Waals surface area contributed by atoms with Gasteiger partial charge in [-0.05, 0) is 31.5 Å². The van der Waals surface area contributed by atoms with Gasteiger partial charge < -0.3 is 10.1 Å². The highest BCUT2D eigenvalue weighted by Crippen LogP contribution is 2.29. The second kappa shape index (κ2) is 5.71. The lowest BCUT2D eigenvalue weighted by Gasteiger charge is -2.17. The van der Waals surface area contributed by atoms with E-state index < -0.39 is 0 Å². The Labute approximate surface area is 108 Å². The first-order chi connectivity index (χ1) is 6.93. The summed E-state index contributed by atoms with van der Waals surface area (Å²) in [5.74, 6) is 0.978. The van der Waals surface area contributed by atoms with Crippen LogP contribution in [-0.4, -0.2) is 23.7 Å². The van der Waals surface area contributed by atoms with Crippen molar-refractivity contribution in [2.75, 3.05) is 6.54 Å². The summed E-state index contributed by atoms with van der Waals surface area (Å²) in [7, 11) is 0. The number of hydrogen-bond donors (Lipinski definition) is 1. The Morgan fingerprint density at radius 2 is 2.25 bits per heavy atom. The van der Waals surface area contributed by atoms with E-state index in [1.54, 1.807) is 0 Å². The number of nitrogens with one attached hydrogen (secondary N) is 1. The molecule has 0 aliphatic carbocycles. The second-order valence-electron chi connectivity index (χ2n) is 4.01. The molecule has 2 aliphatic rings. The maximum absolute atomic E-state index is 5.87. The van der Waals surface area contributed by atoms with E-state index in [0.717, 1.165) is 24.4 Å². The monoisotopic (exact) mass is 262 g/mol. The molecular formula is C11H16Cl2N2O. The van der Waals surface area contributed by atoms with Gasteiger partial charge in [0.2, 0.25) is 0 Å². The van der Waals surface area contributed by atoms with E-state index in [2.05, 4.69) is 10.3 Å². The molecule has 3 rings (SSSR count). The zero-order valence-corrected chi connectivity index (χ0v) is 10.5. The molecule has 3 heterocycles. The van der Waals surface area contributed by atoms with E-state index in [1.165, 1.54) is 12.8 Å². The summed E-state index contributed by atoms with van der Waals surface area (Å²) in [5.41, 5.74) is 1.12. The Morgan fingerprint density at radius 1 is 1.38 bits per heavy atom. The molecule has 0 radical (unpaired) electrons. The van der Waals surface area contributed by atoms with Gasteiger partial charge in [-0.3, -0.25) is 4.98 Å². The average Bonchev–Trinajstić information content (AvgIpc) is 2.86. The SMILES string of the molecule is Cl.Cl.c1cnc2c(c1)O[C@H](C1CCCN1)C2. The molecule has 1 aromatic rings. The molecule has 1 aromatic heterocycles. The number of fused-ring (bicyclic) bond motifs is 1. The Balaban J connectivity index is 0.000000640. The fourth-order valence-electron chi connectivity index (χ4n) is 2.33. The summed E-state index contributed by atoms with van der Waals surface area (Å²) in [4.78, 5) is 4.33. The van der Waals surface area contributed by atoms with E-state index in [4.69, 9.17) is 4.74 Å². The Kier molecular flexibility index (Phi) is 4.84. The summed E-state index contributed by atoms with van der Waals surface area (Å²) in [5, 5.41) is 3.48. The van der Waals surface area contributed by atoms with Crippen LogP contribution >= 0.6 is 24.8 Å². The maximum atomic E-state index is 5.87. The second-order valence-corrected chi connectivity index (χ2v) is 4.01. The third-order valence-corrected chi connectivity index (χ3v) is 3.07. The highest BCUT2D eigenvalue weighted by molar-refractivity contribution is 5.85. The van der Waals surface area contributed by atoms with Crippen molar-refractivity contribution in [2.24, 2.45) is 0 Å². The molecule has 0 saturated carbocycles. The van der Waals surface area contributed by atoms with Gasteiger partial charge in [0, 0.05) is 18.7 Å². The average molecular weight is 263 g/mol. The molecule has 5 heteroatoms. The molecular weight excluding hydrogens is 247 g/mol. The molecule has 0 aromatic carbocycles. The fraction of sp³-hybridized carbons (Fsp3) is 0.545. The van der Waals surface area contributed by atoms with Crippen LogP contribution in [0.3, 0.4) is 0 Å². The third kappa shape index (κ3) is 2.42. The number of rotatable bonds is 1. The molecule has 1 unspecified atom stereocenters. The number of pyridine rings is 1. The lowest BCUT2D eigenvalue weighted by Crippen LogP contribution is -2.37. The number of halogens is 2. The van der Waals surface area contributed by atoms with E-state index in [9.17, 15) is 0 Å². The molecule has 1 saturated heterocycles. The lowest BCUT2D eigenvalue weighted by molar-refractivity contribution is 0.188. The van der Waals surface area contributed by atoms with Gasteiger partial charge in [0.05, 0.1) is 5.69 Å². The molecule has 0 bridgehead atoms. The molecule has 1 fully saturated rings. The summed E-state index contributed by atoms with van der Waals surface area (Å²) in [6.07, 6.45) is 5.62. The van der Waals surface area contributed by atoms with Crippen molar-refractivity contribution >= 4 is 24.8 Å². The van der Waals surface area contributed by atoms with Crippen molar-refractivity contribution in [3.05, 3.63) is 24.0 Å². The maximum Gasteiger partial charge on any atom is 0.141 e. The number of ether oxygens (including phenoxy) is 1. The van der Waals surface area contributed by atoms with Gasteiger partial charge in [-0.2, -0.15) is 0 Å². The topological polar surface area (TPSA) is 34.1 Å². The van der Waals surface area contributed by atoms with Crippen LogP contribution in [0.25, 0.3) is 0 Å². The lowest BCUT2D eigenvalue weighted by atomic mass is 10.1. The Bertz CT molecular complexity index is 318. The fourth-order valence-corrected chi connectivity index (χ4v) is 2.33. The first kappa shape index (κ1) is 13.6. The van der Waals surface area contributed by atoms with Crippen LogP contribution in [-0.2, 0) is 6.42 Å². The minimum Gasteiger partial charge on any atom is -0.486 e. The third-order valence-electron chi connectivity index (χ3n) is 3.07. The standard InChI is InChI=1S/C11H14N2O.2ClH/c1-3-8(12-5-1)11-7-9-10(14-11)4-2-6-13-9;;/h2,4,6,8,11-12H,1,3,5,7H2;2*1H/t8?,11-;;/m0../s1. The van der Waals surface area contributed by atoms with Crippen LogP contribution in [0.15, 0.2) is 18.3 Å². The van der Waals surface area contributed by atoms with Crippen molar-refractivity contribution < 1.29 is 4.74 Å². The van der Waals surface area contributed by atoms with Gasteiger partial charge in [-0.15, -0.1) is 24.8 Å². The van der Waals surface area contributed by atoms with Gasteiger partial charge >= 0.3 is 0 Å². The highest BCUT2D eigenvalue weighted by atomic mass is 35.5. The normalized spacial score (nSPS) is 26.2. The largest absolute Gasteiger partial charge is 0.486 e. The Hall–Kier alpha value is -0.510. The summed E-state index contributed by atoms with van der Waals surface area (Å²) in [6.45, 7) is 1.13. The van der Waals surface area contributed by atoms with Crippen molar-refractivity contribution in [1.29, 1.82) is 0 Å². The summed E-state index contributed by atoms with van der Waals surface area (Å²) >= 11 is 0. The van der Waals surface area contributed by atoms with Gasteiger partial charge in [-0.25, -0.2) is 0 Å². The zero-order chi connectivity index (χ0) is 9.38. The predicted molar refractivity (Wildman–Crippen MR) is 67.9 cm³/mol. The van der Waals surface area contributed by atoms with Crippen LogP contribution in [0.4, 0.5) is 0 Å². The Morgan fingerprint density at radius 3 is 2.94 bits per heavy atom. The van der Waals surface area contributed by atoms with Crippen LogP contribution in [0, 0.1) is 0 Å². The summed E-state index contributed by atoms with van der Waals surface area (Å²) < 4.78 is 5.87.